The molecule has 1 N–H and O–H groups in total. The van der Waals surface area contributed by atoms with E-state index in [1.165, 1.54) is 22.9 Å². The number of nitrogens with one attached hydrogen (secondary N) is 1. The lowest BCUT2D eigenvalue weighted by Gasteiger charge is -2.38. The Hall–Kier alpha value is -0.780. The van der Waals surface area contributed by atoms with E-state index in [4.69, 9.17) is 6.42 Å². The van der Waals surface area contributed by atoms with Gasteiger partial charge < -0.3 is 5.32 Å². The SMILES string of the molecule is C#CCC(CC)NC1CC(c2cccc(Br)c2)C1. The predicted octanol–water partition coefficient (Wildman–Crippen LogP) is 4.09. The highest BCUT2D eigenvalue weighted by atomic mass is 79.9. The second-order valence-electron chi connectivity index (χ2n) is 5.10. The van der Waals surface area contributed by atoms with E-state index in [9.17, 15) is 0 Å². The first kappa shape index (κ1) is 13.6. The Labute approximate surface area is 118 Å². The second-order valence-corrected chi connectivity index (χ2v) is 6.02. The van der Waals surface area contributed by atoms with Gasteiger partial charge >= 0.3 is 0 Å². The molecule has 0 saturated heterocycles. The minimum atomic E-state index is 0.489. The zero-order chi connectivity index (χ0) is 13.0. The van der Waals surface area contributed by atoms with E-state index in [0.29, 0.717) is 18.0 Å². The molecule has 0 amide bonds. The summed E-state index contributed by atoms with van der Waals surface area (Å²) in [5.41, 5.74) is 1.45. The largest absolute Gasteiger partial charge is 0.310 e. The van der Waals surface area contributed by atoms with Gasteiger partial charge in [-0.25, -0.2) is 0 Å². The summed E-state index contributed by atoms with van der Waals surface area (Å²) in [6.07, 6.45) is 9.80. The van der Waals surface area contributed by atoms with Gasteiger partial charge in [-0.05, 0) is 42.9 Å². The van der Waals surface area contributed by atoms with Gasteiger partial charge in [-0.15, -0.1) is 12.3 Å². The van der Waals surface area contributed by atoms with Crippen LogP contribution in [0.25, 0.3) is 0 Å². The van der Waals surface area contributed by atoms with Crippen molar-refractivity contribution in [2.24, 2.45) is 0 Å². The van der Waals surface area contributed by atoms with Crippen molar-refractivity contribution in [2.45, 2.75) is 50.6 Å². The lowest BCUT2D eigenvalue weighted by molar-refractivity contribution is 0.262. The first-order chi connectivity index (χ1) is 8.72. The fraction of sp³-hybridized carbons (Fsp3) is 0.500. The third kappa shape index (κ3) is 3.37. The number of hydrogen-bond acceptors (Lipinski definition) is 1. The molecule has 0 heterocycles. The molecule has 1 unspecified atom stereocenters. The number of rotatable bonds is 5. The van der Waals surface area contributed by atoms with Gasteiger partial charge in [0.2, 0.25) is 0 Å². The van der Waals surface area contributed by atoms with Crippen LogP contribution in [-0.4, -0.2) is 12.1 Å². The standard InChI is InChI=1S/C16H20BrN/c1-3-6-15(4-2)18-16-10-13(11-16)12-7-5-8-14(17)9-12/h1,5,7-9,13,15-16,18H,4,6,10-11H2,2H3. The van der Waals surface area contributed by atoms with E-state index in [1.54, 1.807) is 0 Å². The van der Waals surface area contributed by atoms with Crippen LogP contribution in [0.3, 0.4) is 0 Å². The smallest absolute Gasteiger partial charge is 0.0240 e. The minimum Gasteiger partial charge on any atom is -0.310 e. The average Bonchev–Trinajstić information content (AvgIpc) is 2.31. The zero-order valence-electron chi connectivity index (χ0n) is 10.8. The maximum atomic E-state index is 5.38. The van der Waals surface area contributed by atoms with Gasteiger partial charge in [-0.1, -0.05) is 35.0 Å². The van der Waals surface area contributed by atoms with E-state index >= 15 is 0 Å². The summed E-state index contributed by atoms with van der Waals surface area (Å²) >= 11 is 3.53. The molecule has 1 aromatic rings. The van der Waals surface area contributed by atoms with Crippen molar-refractivity contribution in [2.75, 3.05) is 0 Å². The van der Waals surface area contributed by atoms with Gasteiger partial charge in [0, 0.05) is 23.0 Å². The molecule has 0 bridgehead atoms. The van der Waals surface area contributed by atoms with Crippen LogP contribution in [0.15, 0.2) is 28.7 Å². The van der Waals surface area contributed by atoms with Crippen molar-refractivity contribution in [1.82, 2.24) is 5.32 Å². The Kier molecular flexibility index (Phi) is 4.86. The van der Waals surface area contributed by atoms with Crippen molar-refractivity contribution in [1.29, 1.82) is 0 Å². The Bertz CT molecular complexity index is 429. The molecule has 1 atom stereocenters. The molecule has 0 radical (unpaired) electrons. The van der Waals surface area contributed by atoms with Crippen LogP contribution >= 0.6 is 15.9 Å². The summed E-state index contributed by atoms with van der Waals surface area (Å²) in [6, 6.07) is 9.80. The minimum absolute atomic E-state index is 0.489. The molecule has 1 fully saturated rings. The fourth-order valence-corrected chi connectivity index (χ4v) is 3.00. The summed E-state index contributed by atoms with van der Waals surface area (Å²) in [4.78, 5) is 0. The molecule has 96 valence electrons. The van der Waals surface area contributed by atoms with Crippen LogP contribution in [0, 0.1) is 12.3 Å². The van der Waals surface area contributed by atoms with Crippen molar-refractivity contribution in [3.05, 3.63) is 34.3 Å². The van der Waals surface area contributed by atoms with Crippen molar-refractivity contribution < 1.29 is 0 Å². The lowest BCUT2D eigenvalue weighted by Crippen LogP contribution is -2.45. The molecule has 2 rings (SSSR count). The lowest BCUT2D eigenvalue weighted by atomic mass is 9.75. The highest BCUT2D eigenvalue weighted by Gasteiger charge is 2.31. The third-order valence-corrected chi connectivity index (χ3v) is 4.28. The van der Waals surface area contributed by atoms with Crippen molar-refractivity contribution in [3.63, 3.8) is 0 Å². The molecule has 0 aliphatic heterocycles. The van der Waals surface area contributed by atoms with E-state index in [2.05, 4.69) is 58.4 Å². The molecule has 2 heteroatoms. The molecular formula is C16H20BrN. The molecule has 18 heavy (non-hydrogen) atoms. The summed E-state index contributed by atoms with van der Waals surface area (Å²) < 4.78 is 1.18. The molecule has 0 aromatic heterocycles. The van der Waals surface area contributed by atoms with Gasteiger partial charge in [-0.2, -0.15) is 0 Å². The average molecular weight is 306 g/mol. The first-order valence-electron chi connectivity index (χ1n) is 6.68. The zero-order valence-corrected chi connectivity index (χ0v) is 12.4. The highest BCUT2D eigenvalue weighted by molar-refractivity contribution is 9.10. The number of terminal acetylenes is 1. The molecule has 1 nitrogen and oxygen atoms in total. The van der Waals surface area contributed by atoms with Crippen LogP contribution in [0.4, 0.5) is 0 Å². The van der Waals surface area contributed by atoms with Crippen molar-refractivity contribution >= 4 is 15.9 Å². The number of benzene rings is 1. The van der Waals surface area contributed by atoms with E-state index in [1.807, 2.05) is 0 Å². The predicted molar refractivity (Wildman–Crippen MR) is 80.6 cm³/mol. The van der Waals surface area contributed by atoms with Crippen LogP contribution in [0.2, 0.25) is 0 Å². The molecular weight excluding hydrogens is 286 g/mol. The molecule has 1 aromatic carbocycles. The summed E-state index contributed by atoms with van der Waals surface area (Å²) in [5, 5.41) is 3.66. The Morgan fingerprint density at radius 3 is 2.89 bits per heavy atom. The van der Waals surface area contributed by atoms with E-state index in [-0.39, 0.29) is 0 Å². The van der Waals surface area contributed by atoms with Gasteiger partial charge in [0.25, 0.3) is 0 Å². The van der Waals surface area contributed by atoms with Gasteiger partial charge in [0.15, 0.2) is 0 Å². The quantitative estimate of drug-likeness (QED) is 0.808. The van der Waals surface area contributed by atoms with Gasteiger partial charge in [0.1, 0.15) is 0 Å². The molecule has 1 aliphatic rings. The van der Waals surface area contributed by atoms with Gasteiger partial charge in [-0.3, -0.25) is 0 Å². The normalized spacial score (nSPS) is 24.1. The number of halogens is 1. The van der Waals surface area contributed by atoms with Crippen LogP contribution in [0.1, 0.15) is 44.1 Å². The summed E-state index contributed by atoms with van der Waals surface area (Å²) in [7, 11) is 0. The van der Waals surface area contributed by atoms with Crippen molar-refractivity contribution in [3.8, 4) is 12.3 Å². The Morgan fingerprint density at radius 1 is 1.50 bits per heavy atom. The maximum absolute atomic E-state index is 5.38. The second kappa shape index (κ2) is 6.41. The summed E-state index contributed by atoms with van der Waals surface area (Å²) in [6.45, 7) is 2.19. The first-order valence-corrected chi connectivity index (χ1v) is 7.47. The fourth-order valence-electron chi connectivity index (χ4n) is 2.58. The topological polar surface area (TPSA) is 12.0 Å². The monoisotopic (exact) mass is 305 g/mol. The summed E-state index contributed by atoms with van der Waals surface area (Å²) in [5.74, 6) is 3.47. The highest BCUT2D eigenvalue weighted by Crippen LogP contribution is 2.38. The number of hydrogen-bond donors (Lipinski definition) is 1. The molecule has 1 aliphatic carbocycles. The maximum Gasteiger partial charge on any atom is 0.0240 e. The van der Waals surface area contributed by atoms with E-state index < -0.39 is 0 Å². The van der Waals surface area contributed by atoms with E-state index in [0.717, 1.165) is 12.8 Å². The van der Waals surface area contributed by atoms with Gasteiger partial charge in [0.05, 0.1) is 0 Å². The molecule has 1 saturated carbocycles. The Morgan fingerprint density at radius 2 is 2.28 bits per heavy atom. The van der Waals surface area contributed by atoms with Crippen LogP contribution < -0.4 is 5.32 Å². The Balaban J connectivity index is 1.82. The molecule has 0 spiro atoms. The third-order valence-electron chi connectivity index (χ3n) is 3.79. The van der Waals surface area contributed by atoms with Crippen LogP contribution in [-0.2, 0) is 0 Å². The van der Waals surface area contributed by atoms with Crippen LogP contribution in [0.5, 0.6) is 0 Å².